The molecule has 0 spiro atoms. The zero-order valence-electron chi connectivity index (χ0n) is 11.5. The molecule has 0 unspecified atom stereocenters. The Labute approximate surface area is 121 Å². The van der Waals surface area contributed by atoms with E-state index in [1.165, 1.54) is 0 Å². The molecule has 0 aliphatic rings. The first-order chi connectivity index (χ1) is 8.88. The summed E-state index contributed by atoms with van der Waals surface area (Å²) in [4.78, 5) is 8.57. The number of anilines is 3. The van der Waals surface area contributed by atoms with Crippen molar-refractivity contribution in [3.05, 3.63) is 39.1 Å². The van der Waals surface area contributed by atoms with E-state index in [1.807, 2.05) is 13.8 Å². The minimum absolute atomic E-state index is 0.516. The van der Waals surface area contributed by atoms with Crippen molar-refractivity contribution in [2.45, 2.75) is 27.7 Å². The topological polar surface area (TPSA) is 63.8 Å². The molecular formula is C14H17BrN4. The maximum atomic E-state index is 5.88. The Hall–Kier alpha value is -1.62. The number of aryl methyl sites for hydroxylation is 3. The van der Waals surface area contributed by atoms with Gasteiger partial charge in [0.05, 0.1) is 0 Å². The summed E-state index contributed by atoms with van der Waals surface area (Å²) in [6.07, 6.45) is 0. The molecule has 1 aromatic carbocycles. The monoisotopic (exact) mass is 320 g/mol. The number of benzene rings is 1. The minimum atomic E-state index is 0.516. The third kappa shape index (κ3) is 2.87. The van der Waals surface area contributed by atoms with Crippen molar-refractivity contribution in [3.63, 3.8) is 0 Å². The molecule has 3 N–H and O–H groups in total. The van der Waals surface area contributed by atoms with Crippen molar-refractivity contribution < 1.29 is 0 Å². The van der Waals surface area contributed by atoms with Crippen LogP contribution in [0.3, 0.4) is 0 Å². The summed E-state index contributed by atoms with van der Waals surface area (Å²) in [6, 6.07) is 4.14. The lowest BCUT2D eigenvalue weighted by Gasteiger charge is -2.15. The first kappa shape index (κ1) is 13.8. The molecule has 0 aliphatic carbocycles. The maximum absolute atomic E-state index is 5.88. The number of rotatable bonds is 2. The highest BCUT2D eigenvalue weighted by molar-refractivity contribution is 9.10. The number of halogens is 1. The highest BCUT2D eigenvalue weighted by Gasteiger charge is 2.10. The normalized spacial score (nSPS) is 10.6. The van der Waals surface area contributed by atoms with Gasteiger partial charge in [-0.3, -0.25) is 0 Å². The number of nitrogens with two attached hydrogens (primary N) is 1. The van der Waals surface area contributed by atoms with Crippen LogP contribution in [0.5, 0.6) is 0 Å². The third-order valence-electron chi connectivity index (χ3n) is 3.04. The fraction of sp³-hybridized carbons (Fsp3) is 0.286. The molecule has 19 heavy (non-hydrogen) atoms. The summed E-state index contributed by atoms with van der Waals surface area (Å²) in [7, 11) is 0. The number of nitrogens with zero attached hydrogens (tertiary/aromatic N) is 2. The predicted octanol–water partition coefficient (Wildman–Crippen LogP) is 3.80. The zero-order chi connectivity index (χ0) is 14.2. The van der Waals surface area contributed by atoms with E-state index in [1.54, 1.807) is 0 Å². The van der Waals surface area contributed by atoms with E-state index in [9.17, 15) is 0 Å². The molecular weight excluding hydrogens is 304 g/mol. The highest BCUT2D eigenvalue weighted by atomic mass is 79.9. The zero-order valence-corrected chi connectivity index (χ0v) is 13.1. The van der Waals surface area contributed by atoms with Gasteiger partial charge in [-0.15, -0.1) is 0 Å². The number of hydrogen-bond acceptors (Lipinski definition) is 4. The van der Waals surface area contributed by atoms with Crippen molar-refractivity contribution in [3.8, 4) is 0 Å². The van der Waals surface area contributed by atoms with E-state index in [0.717, 1.165) is 32.7 Å². The average Bonchev–Trinajstić information content (AvgIpc) is 2.29. The lowest BCUT2D eigenvalue weighted by molar-refractivity contribution is 1.04. The van der Waals surface area contributed by atoms with Crippen LogP contribution in [-0.2, 0) is 0 Å². The summed E-state index contributed by atoms with van der Waals surface area (Å²) in [5.74, 6) is 1.94. The van der Waals surface area contributed by atoms with Crippen molar-refractivity contribution in [2.24, 2.45) is 0 Å². The Morgan fingerprint density at radius 1 is 1.05 bits per heavy atom. The molecule has 0 amide bonds. The molecule has 0 radical (unpaired) electrons. The van der Waals surface area contributed by atoms with E-state index in [0.29, 0.717) is 11.6 Å². The molecule has 1 aromatic heterocycles. The van der Waals surface area contributed by atoms with E-state index in [4.69, 9.17) is 5.73 Å². The van der Waals surface area contributed by atoms with Gasteiger partial charge in [0.25, 0.3) is 0 Å². The number of nitrogens with one attached hydrogen (secondary N) is 1. The fourth-order valence-corrected chi connectivity index (χ4v) is 2.68. The van der Waals surface area contributed by atoms with Crippen LogP contribution in [0.1, 0.15) is 22.5 Å². The van der Waals surface area contributed by atoms with Crippen LogP contribution in [0.15, 0.2) is 16.6 Å². The minimum Gasteiger partial charge on any atom is -0.383 e. The Morgan fingerprint density at radius 3 is 2.21 bits per heavy atom. The molecule has 0 saturated heterocycles. The fourth-order valence-electron chi connectivity index (χ4n) is 2.00. The van der Waals surface area contributed by atoms with Crippen LogP contribution in [0.25, 0.3) is 0 Å². The lowest BCUT2D eigenvalue weighted by atomic mass is 10.1. The number of hydrogen-bond donors (Lipinski definition) is 2. The van der Waals surface area contributed by atoms with Crippen molar-refractivity contribution in [1.29, 1.82) is 0 Å². The Morgan fingerprint density at radius 2 is 1.63 bits per heavy atom. The summed E-state index contributed by atoms with van der Waals surface area (Å²) < 4.78 is 1.07. The smallest absolute Gasteiger partial charge is 0.139 e. The van der Waals surface area contributed by atoms with Crippen molar-refractivity contribution in [2.75, 3.05) is 11.1 Å². The lowest BCUT2D eigenvalue weighted by Crippen LogP contribution is -2.06. The first-order valence-corrected chi connectivity index (χ1v) is 6.82. The van der Waals surface area contributed by atoms with Crippen molar-refractivity contribution in [1.82, 2.24) is 9.97 Å². The van der Waals surface area contributed by atoms with Crippen LogP contribution in [0.4, 0.5) is 17.3 Å². The average molecular weight is 321 g/mol. The van der Waals surface area contributed by atoms with Gasteiger partial charge in [-0.05, 0) is 51.0 Å². The van der Waals surface area contributed by atoms with Gasteiger partial charge in [0.15, 0.2) is 0 Å². The molecule has 4 nitrogen and oxygen atoms in total. The van der Waals surface area contributed by atoms with Crippen LogP contribution in [0, 0.1) is 27.7 Å². The molecule has 100 valence electrons. The number of nitrogen functional groups attached to an aromatic ring is 1. The molecule has 0 bridgehead atoms. The molecule has 0 atom stereocenters. The summed E-state index contributed by atoms with van der Waals surface area (Å²) >= 11 is 3.50. The van der Waals surface area contributed by atoms with Gasteiger partial charge in [-0.25, -0.2) is 9.97 Å². The summed E-state index contributed by atoms with van der Waals surface area (Å²) in [5.41, 5.74) is 10.1. The van der Waals surface area contributed by atoms with Gasteiger partial charge in [0.2, 0.25) is 0 Å². The van der Waals surface area contributed by atoms with Gasteiger partial charge in [0, 0.05) is 15.7 Å². The van der Waals surface area contributed by atoms with Crippen molar-refractivity contribution >= 4 is 33.3 Å². The van der Waals surface area contributed by atoms with Crippen LogP contribution >= 0.6 is 15.9 Å². The van der Waals surface area contributed by atoms with Gasteiger partial charge >= 0.3 is 0 Å². The molecule has 0 aliphatic heterocycles. The van der Waals surface area contributed by atoms with Gasteiger partial charge in [-0.2, -0.15) is 0 Å². The van der Waals surface area contributed by atoms with E-state index in [2.05, 4.69) is 57.2 Å². The quantitative estimate of drug-likeness (QED) is 0.883. The van der Waals surface area contributed by atoms with E-state index >= 15 is 0 Å². The largest absolute Gasteiger partial charge is 0.383 e. The highest BCUT2D eigenvalue weighted by Crippen LogP contribution is 2.29. The first-order valence-electron chi connectivity index (χ1n) is 6.03. The number of aromatic nitrogens is 2. The molecule has 1 heterocycles. The summed E-state index contributed by atoms with van der Waals surface area (Å²) in [6.45, 7) is 7.88. The molecule has 0 saturated carbocycles. The van der Waals surface area contributed by atoms with E-state index < -0.39 is 0 Å². The molecule has 2 rings (SSSR count). The van der Waals surface area contributed by atoms with Crippen LogP contribution < -0.4 is 11.1 Å². The maximum Gasteiger partial charge on any atom is 0.139 e. The Balaban J connectivity index is 2.48. The summed E-state index contributed by atoms with van der Waals surface area (Å²) in [5, 5.41) is 3.37. The molecule has 5 heteroatoms. The second-order valence-electron chi connectivity index (χ2n) is 4.67. The molecule has 0 fully saturated rings. The Kier molecular flexibility index (Phi) is 3.75. The molecule has 2 aromatic rings. The van der Waals surface area contributed by atoms with Gasteiger partial charge in [0.1, 0.15) is 17.5 Å². The van der Waals surface area contributed by atoms with Crippen LogP contribution in [0.2, 0.25) is 0 Å². The van der Waals surface area contributed by atoms with Gasteiger partial charge < -0.3 is 11.1 Å². The standard InChI is InChI=1S/C14H17BrN4/c1-7-5-11(15)6-8(2)12(7)19-14-9(3)13(16)17-10(4)18-14/h5-6H,1-4H3,(H3,16,17,18,19). The predicted molar refractivity (Wildman–Crippen MR) is 82.8 cm³/mol. The van der Waals surface area contributed by atoms with Gasteiger partial charge in [-0.1, -0.05) is 15.9 Å². The second-order valence-corrected chi connectivity index (χ2v) is 5.58. The van der Waals surface area contributed by atoms with Crippen LogP contribution in [-0.4, -0.2) is 9.97 Å². The van der Waals surface area contributed by atoms with E-state index in [-0.39, 0.29) is 0 Å². The second kappa shape index (κ2) is 5.17. The third-order valence-corrected chi connectivity index (χ3v) is 3.49. The Bertz CT molecular complexity index is 615. The SMILES string of the molecule is Cc1nc(N)c(C)c(Nc2c(C)cc(Br)cc2C)n1.